The quantitative estimate of drug-likeness (QED) is 0.845. The average Bonchev–Trinajstić information content (AvgIpc) is 2.92. The number of benzene rings is 1. The standard InChI is InChI=1S/C16H17N3O2/c1-3-13-10-12(5-4-8-17)6-7-14(13)18-16(20)15-9-11(2)21-19-15/h6-7,9-10H,3,8,17H2,1-2H3,(H,18,20). The Hall–Kier alpha value is -2.58. The molecule has 21 heavy (non-hydrogen) atoms. The van der Waals surface area contributed by atoms with Gasteiger partial charge in [0.05, 0.1) is 6.54 Å². The van der Waals surface area contributed by atoms with Crippen LogP contribution in [-0.2, 0) is 6.42 Å². The van der Waals surface area contributed by atoms with Gasteiger partial charge in [-0.25, -0.2) is 0 Å². The lowest BCUT2D eigenvalue weighted by atomic mass is 10.1. The minimum atomic E-state index is -0.289. The number of aryl methyl sites for hydroxylation is 2. The fourth-order valence-electron chi connectivity index (χ4n) is 1.90. The van der Waals surface area contributed by atoms with Crippen molar-refractivity contribution in [2.45, 2.75) is 20.3 Å². The van der Waals surface area contributed by atoms with Crippen LogP contribution in [0.25, 0.3) is 0 Å². The predicted molar refractivity (Wildman–Crippen MR) is 80.9 cm³/mol. The number of nitrogens with one attached hydrogen (secondary N) is 1. The van der Waals surface area contributed by atoms with E-state index in [2.05, 4.69) is 22.3 Å². The fourth-order valence-corrected chi connectivity index (χ4v) is 1.90. The summed E-state index contributed by atoms with van der Waals surface area (Å²) in [5.74, 6) is 6.10. The Morgan fingerprint density at radius 3 is 2.86 bits per heavy atom. The summed E-state index contributed by atoms with van der Waals surface area (Å²) in [4.78, 5) is 12.1. The Labute approximate surface area is 123 Å². The van der Waals surface area contributed by atoms with Crippen molar-refractivity contribution in [1.29, 1.82) is 0 Å². The van der Waals surface area contributed by atoms with Crippen molar-refractivity contribution in [3.8, 4) is 11.8 Å². The van der Waals surface area contributed by atoms with Gasteiger partial charge in [-0.3, -0.25) is 4.79 Å². The van der Waals surface area contributed by atoms with E-state index < -0.39 is 0 Å². The molecule has 0 radical (unpaired) electrons. The van der Waals surface area contributed by atoms with Gasteiger partial charge in [-0.2, -0.15) is 0 Å². The highest BCUT2D eigenvalue weighted by Crippen LogP contribution is 2.19. The molecule has 108 valence electrons. The van der Waals surface area contributed by atoms with Crippen LogP contribution in [0.5, 0.6) is 0 Å². The highest BCUT2D eigenvalue weighted by atomic mass is 16.5. The maximum absolute atomic E-state index is 12.1. The number of carbonyl (C=O) groups excluding carboxylic acids is 1. The van der Waals surface area contributed by atoms with Crippen LogP contribution < -0.4 is 11.1 Å². The van der Waals surface area contributed by atoms with Gasteiger partial charge in [0.15, 0.2) is 5.69 Å². The number of nitrogens with two attached hydrogens (primary N) is 1. The topological polar surface area (TPSA) is 81.1 Å². The summed E-state index contributed by atoms with van der Waals surface area (Å²) in [5.41, 5.74) is 8.27. The summed E-state index contributed by atoms with van der Waals surface area (Å²) < 4.78 is 4.90. The molecule has 0 aliphatic rings. The second-order valence-corrected chi connectivity index (χ2v) is 4.51. The van der Waals surface area contributed by atoms with E-state index in [-0.39, 0.29) is 11.6 Å². The van der Waals surface area contributed by atoms with Gasteiger partial charge in [0.2, 0.25) is 0 Å². The number of hydrogen-bond acceptors (Lipinski definition) is 4. The summed E-state index contributed by atoms with van der Waals surface area (Å²) in [6, 6.07) is 7.24. The van der Waals surface area contributed by atoms with Gasteiger partial charge in [-0.1, -0.05) is 23.9 Å². The van der Waals surface area contributed by atoms with Crippen LogP contribution in [0.15, 0.2) is 28.8 Å². The van der Waals surface area contributed by atoms with Gasteiger partial charge in [0.25, 0.3) is 5.91 Å². The summed E-state index contributed by atoms with van der Waals surface area (Å²) in [6.07, 6.45) is 0.783. The van der Waals surface area contributed by atoms with Gasteiger partial charge >= 0.3 is 0 Å². The van der Waals surface area contributed by atoms with E-state index in [1.165, 1.54) is 0 Å². The highest BCUT2D eigenvalue weighted by Gasteiger charge is 2.12. The number of rotatable bonds is 3. The van der Waals surface area contributed by atoms with Crippen LogP contribution >= 0.6 is 0 Å². The molecule has 2 rings (SSSR count). The number of nitrogens with zero attached hydrogens (tertiary/aromatic N) is 1. The molecule has 1 amide bonds. The molecule has 5 heteroatoms. The van der Waals surface area contributed by atoms with Crippen molar-refractivity contribution in [1.82, 2.24) is 5.16 Å². The first-order chi connectivity index (χ1) is 10.1. The second kappa shape index (κ2) is 6.73. The van der Waals surface area contributed by atoms with E-state index in [4.69, 9.17) is 10.3 Å². The zero-order valence-electron chi connectivity index (χ0n) is 12.1. The van der Waals surface area contributed by atoms with Gasteiger partial charge in [0.1, 0.15) is 5.76 Å². The minimum Gasteiger partial charge on any atom is -0.361 e. The Balaban J connectivity index is 2.21. The zero-order valence-corrected chi connectivity index (χ0v) is 12.1. The number of hydrogen-bond donors (Lipinski definition) is 2. The van der Waals surface area contributed by atoms with Crippen LogP contribution in [0.4, 0.5) is 5.69 Å². The lowest BCUT2D eigenvalue weighted by Crippen LogP contribution is -2.13. The van der Waals surface area contributed by atoms with Gasteiger partial charge in [-0.15, -0.1) is 0 Å². The lowest BCUT2D eigenvalue weighted by Gasteiger charge is -2.09. The maximum Gasteiger partial charge on any atom is 0.277 e. The van der Waals surface area contributed by atoms with E-state index in [9.17, 15) is 4.79 Å². The molecule has 3 N–H and O–H groups in total. The third-order valence-corrected chi connectivity index (χ3v) is 2.93. The smallest absolute Gasteiger partial charge is 0.277 e. The first-order valence-corrected chi connectivity index (χ1v) is 6.70. The maximum atomic E-state index is 12.1. The molecule has 0 bridgehead atoms. The average molecular weight is 283 g/mol. The molecule has 0 atom stereocenters. The fraction of sp³-hybridized carbons (Fsp3) is 0.250. The van der Waals surface area contributed by atoms with Crippen LogP contribution in [-0.4, -0.2) is 17.6 Å². The summed E-state index contributed by atoms with van der Waals surface area (Å²) >= 11 is 0. The molecule has 1 aromatic carbocycles. The molecule has 2 aromatic rings. The molecule has 1 aromatic heterocycles. The summed E-state index contributed by atoms with van der Waals surface area (Å²) in [6.45, 7) is 4.09. The van der Waals surface area contributed by atoms with Crippen LogP contribution in [0.1, 0.15) is 34.3 Å². The van der Waals surface area contributed by atoms with E-state index in [1.807, 2.05) is 25.1 Å². The summed E-state index contributed by atoms with van der Waals surface area (Å²) in [7, 11) is 0. The second-order valence-electron chi connectivity index (χ2n) is 4.51. The van der Waals surface area contributed by atoms with E-state index in [0.717, 1.165) is 23.2 Å². The van der Waals surface area contributed by atoms with Crippen LogP contribution in [0, 0.1) is 18.8 Å². The molecule has 0 aliphatic heterocycles. The van der Waals surface area contributed by atoms with Crippen molar-refractivity contribution in [3.63, 3.8) is 0 Å². The molecule has 0 spiro atoms. The molecule has 5 nitrogen and oxygen atoms in total. The number of carbonyl (C=O) groups is 1. The third kappa shape index (κ3) is 3.71. The monoisotopic (exact) mass is 283 g/mol. The minimum absolute atomic E-state index is 0.265. The van der Waals surface area contributed by atoms with Crippen LogP contribution in [0.2, 0.25) is 0 Å². The van der Waals surface area contributed by atoms with Crippen molar-refractivity contribution in [3.05, 3.63) is 46.8 Å². The summed E-state index contributed by atoms with van der Waals surface area (Å²) in [5, 5.41) is 6.54. The molecular weight excluding hydrogens is 266 g/mol. The molecule has 1 heterocycles. The Bertz CT molecular complexity index is 708. The molecular formula is C16H17N3O2. The van der Waals surface area contributed by atoms with Crippen molar-refractivity contribution in [2.24, 2.45) is 5.73 Å². The largest absolute Gasteiger partial charge is 0.361 e. The first kappa shape index (κ1) is 14.8. The van der Waals surface area contributed by atoms with E-state index in [1.54, 1.807) is 13.0 Å². The lowest BCUT2D eigenvalue weighted by molar-refractivity contribution is 0.101. The number of amides is 1. The van der Waals surface area contributed by atoms with Crippen molar-refractivity contribution >= 4 is 11.6 Å². The van der Waals surface area contributed by atoms with Gasteiger partial charge in [0, 0.05) is 17.3 Å². The number of aromatic nitrogens is 1. The predicted octanol–water partition coefficient (Wildman–Crippen LogP) is 2.11. The third-order valence-electron chi connectivity index (χ3n) is 2.93. The van der Waals surface area contributed by atoms with Crippen LogP contribution in [0.3, 0.4) is 0 Å². The van der Waals surface area contributed by atoms with Gasteiger partial charge < -0.3 is 15.6 Å². The molecule has 0 saturated carbocycles. The van der Waals surface area contributed by atoms with Crippen molar-refractivity contribution in [2.75, 3.05) is 11.9 Å². The normalized spacial score (nSPS) is 9.86. The molecule has 0 unspecified atom stereocenters. The molecule has 0 saturated heterocycles. The molecule has 0 aliphatic carbocycles. The molecule has 0 fully saturated rings. The number of anilines is 1. The van der Waals surface area contributed by atoms with Crippen molar-refractivity contribution < 1.29 is 9.32 Å². The Kier molecular flexibility index (Phi) is 4.75. The van der Waals surface area contributed by atoms with E-state index >= 15 is 0 Å². The SMILES string of the molecule is CCc1cc(C#CCN)ccc1NC(=O)c1cc(C)on1. The highest BCUT2D eigenvalue weighted by molar-refractivity contribution is 6.03. The van der Waals surface area contributed by atoms with Gasteiger partial charge in [-0.05, 0) is 37.1 Å². The Morgan fingerprint density at radius 1 is 1.43 bits per heavy atom. The Morgan fingerprint density at radius 2 is 2.24 bits per heavy atom. The van der Waals surface area contributed by atoms with E-state index in [0.29, 0.717) is 12.3 Å². The zero-order chi connectivity index (χ0) is 15.2. The first-order valence-electron chi connectivity index (χ1n) is 6.70.